The summed E-state index contributed by atoms with van der Waals surface area (Å²) >= 11 is 0. The number of nitro groups is 1. The molecule has 1 aromatic carbocycles. The lowest BCUT2D eigenvalue weighted by atomic mass is 10.1. The SMILES string of the molecule is CCCCCCCCCCCCCCS(=O)(=O)c1c(C)c[c]c([N+](=O)[O-])c1C. The number of unbranched alkanes of at least 4 members (excludes halogenated alkanes) is 11. The zero-order valence-corrected chi connectivity index (χ0v) is 18.6. The first-order valence-electron chi connectivity index (χ1n) is 10.7. The predicted molar refractivity (Wildman–Crippen MR) is 115 cm³/mol. The van der Waals surface area contributed by atoms with Crippen molar-refractivity contribution in [3.8, 4) is 0 Å². The number of benzene rings is 1. The van der Waals surface area contributed by atoms with Gasteiger partial charge in [0.15, 0.2) is 9.84 Å². The smallest absolute Gasteiger partial charge is 0.258 e. The van der Waals surface area contributed by atoms with Crippen LogP contribution < -0.4 is 0 Å². The van der Waals surface area contributed by atoms with E-state index in [9.17, 15) is 18.5 Å². The van der Waals surface area contributed by atoms with Gasteiger partial charge in [0, 0.05) is 5.56 Å². The van der Waals surface area contributed by atoms with Crippen molar-refractivity contribution in [2.24, 2.45) is 0 Å². The van der Waals surface area contributed by atoms with Gasteiger partial charge in [-0.25, -0.2) is 8.42 Å². The molecule has 0 unspecified atom stereocenters. The van der Waals surface area contributed by atoms with E-state index in [-0.39, 0.29) is 21.9 Å². The molecule has 0 bridgehead atoms. The largest absolute Gasteiger partial charge is 0.281 e. The Balaban J connectivity index is 2.32. The summed E-state index contributed by atoms with van der Waals surface area (Å²) in [7, 11) is -3.51. The summed E-state index contributed by atoms with van der Waals surface area (Å²) < 4.78 is 25.4. The molecule has 0 aliphatic rings. The zero-order valence-electron chi connectivity index (χ0n) is 17.8. The van der Waals surface area contributed by atoms with Gasteiger partial charge in [-0.3, -0.25) is 10.1 Å². The molecule has 0 atom stereocenters. The van der Waals surface area contributed by atoms with E-state index in [1.54, 1.807) is 6.92 Å². The maximum atomic E-state index is 12.7. The molecule has 0 amide bonds. The molecular weight excluding hydrogens is 374 g/mol. The van der Waals surface area contributed by atoms with E-state index >= 15 is 0 Å². The van der Waals surface area contributed by atoms with Crippen molar-refractivity contribution in [3.63, 3.8) is 0 Å². The third-order valence-corrected chi connectivity index (χ3v) is 7.32. The molecule has 6 heteroatoms. The highest BCUT2D eigenvalue weighted by Crippen LogP contribution is 2.29. The summed E-state index contributed by atoms with van der Waals surface area (Å²) in [6, 6.07) is 3.97. The van der Waals surface area contributed by atoms with Gasteiger partial charge in [-0.15, -0.1) is 0 Å². The summed E-state index contributed by atoms with van der Waals surface area (Å²) in [6.45, 7) is 5.40. The number of rotatable bonds is 15. The standard InChI is InChI=1S/C22H36NO4S/c1-4-5-6-7-8-9-10-11-12-13-14-15-18-28(26,27)22-19(2)16-17-21(20(22)3)23(24)25/h16H,4-15,18H2,1-3H3. The average molecular weight is 411 g/mol. The number of sulfone groups is 1. The molecule has 159 valence electrons. The normalized spacial score (nSPS) is 11.7. The van der Waals surface area contributed by atoms with E-state index in [0.29, 0.717) is 12.0 Å². The van der Waals surface area contributed by atoms with Gasteiger partial charge in [0.2, 0.25) is 0 Å². The quantitative estimate of drug-likeness (QED) is 0.188. The summed E-state index contributed by atoms with van der Waals surface area (Å²) in [4.78, 5) is 10.6. The van der Waals surface area contributed by atoms with Gasteiger partial charge >= 0.3 is 0 Å². The Morgan fingerprint density at radius 1 is 0.893 bits per heavy atom. The van der Waals surface area contributed by atoms with Crippen LogP contribution in [-0.4, -0.2) is 19.1 Å². The van der Waals surface area contributed by atoms with Crippen LogP contribution in [0.3, 0.4) is 0 Å². The van der Waals surface area contributed by atoms with E-state index in [2.05, 4.69) is 13.0 Å². The fourth-order valence-corrected chi connectivity index (χ4v) is 5.56. The molecule has 1 radical (unpaired) electrons. The highest BCUT2D eigenvalue weighted by molar-refractivity contribution is 7.91. The van der Waals surface area contributed by atoms with Gasteiger partial charge in [0.25, 0.3) is 5.69 Å². The van der Waals surface area contributed by atoms with Crippen LogP contribution in [-0.2, 0) is 9.84 Å². The molecule has 0 aromatic heterocycles. The summed E-state index contributed by atoms with van der Waals surface area (Å²) in [5, 5.41) is 11.1. The zero-order chi connectivity index (χ0) is 21.0. The third kappa shape index (κ3) is 8.29. The van der Waals surface area contributed by atoms with E-state index in [0.717, 1.165) is 19.3 Å². The minimum Gasteiger partial charge on any atom is -0.258 e. The van der Waals surface area contributed by atoms with Gasteiger partial charge in [-0.05, 0) is 31.9 Å². The topological polar surface area (TPSA) is 77.3 Å². The molecule has 0 fully saturated rings. The van der Waals surface area contributed by atoms with E-state index in [1.807, 2.05) is 0 Å². The second-order valence-electron chi connectivity index (χ2n) is 7.74. The average Bonchev–Trinajstić information content (AvgIpc) is 2.62. The lowest BCUT2D eigenvalue weighted by Gasteiger charge is -2.11. The first-order valence-corrected chi connectivity index (χ1v) is 12.4. The maximum Gasteiger partial charge on any atom is 0.281 e. The van der Waals surface area contributed by atoms with E-state index < -0.39 is 14.8 Å². The van der Waals surface area contributed by atoms with Crippen LogP contribution in [0.15, 0.2) is 11.0 Å². The summed E-state index contributed by atoms with van der Waals surface area (Å²) in [5.74, 6) is 0.0489. The van der Waals surface area contributed by atoms with Crippen LogP contribution in [0, 0.1) is 30.0 Å². The first kappa shape index (κ1) is 24.6. The van der Waals surface area contributed by atoms with Gasteiger partial charge in [-0.1, -0.05) is 77.6 Å². The molecule has 0 spiro atoms. The summed E-state index contributed by atoms with van der Waals surface area (Å²) in [6.07, 6.45) is 14.1. The van der Waals surface area contributed by atoms with Crippen LogP contribution in [0.4, 0.5) is 5.69 Å². The van der Waals surface area contributed by atoms with Crippen molar-refractivity contribution in [1.82, 2.24) is 0 Å². The Kier molecular flexibility index (Phi) is 11.4. The van der Waals surface area contributed by atoms with E-state index in [1.165, 1.54) is 64.4 Å². The molecule has 0 N–H and O–H groups in total. The van der Waals surface area contributed by atoms with Crippen molar-refractivity contribution in [3.05, 3.63) is 33.4 Å². The molecule has 0 aliphatic carbocycles. The molecule has 0 saturated carbocycles. The van der Waals surface area contributed by atoms with Crippen LogP contribution >= 0.6 is 0 Å². The minimum absolute atomic E-state index is 0.0489. The molecule has 0 heterocycles. The maximum absolute atomic E-state index is 12.7. The lowest BCUT2D eigenvalue weighted by molar-refractivity contribution is -0.386. The van der Waals surface area contributed by atoms with Crippen molar-refractivity contribution < 1.29 is 13.3 Å². The van der Waals surface area contributed by atoms with Crippen molar-refractivity contribution in [2.75, 3.05) is 5.75 Å². The Bertz CT molecular complexity index is 713. The molecule has 0 aliphatic heterocycles. The number of aryl methyl sites for hydroxylation is 1. The number of nitrogens with zero attached hydrogens (tertiary/aromatic N) is 1. The van der Waals surface area contributed by atoms with Gasteiger partial charge < -0.3 is 0 Å². The summed E-state index contributed by atoms with van der Waals surface area (Å²) in [5.41, 5.74) is 0.477. The molecule has 5 nitrogen and oxygen atoms in total. The molecule has 1 aromatic rings. The molecule has 28 heavy (non-hydrogen) atoms. The lowest BCUT2D eigenvalue weighted by Crippen LogP contribution is -2.11. The number of nitro benzene ring substituents is 1. The Morgan fingerprint density at radius 3 is 1.82 bits per heavy atom. The first-order chi connectivity index (χ1) is 13.3. The number of hydrogen-bond donors (Lipinski definition) is 0. The van der Waals surface area contributed by atoms with Gasteiger partial charge in [-0.2, -0.15) is 0 Å². The molecule has 1 rings (SSSR count). The van der Waals surface area contributed by atoms with Crippen LogP contribution in [0.2, 0.25) is 0 Å². The fraction of sp³-hybridized carbons (Fsp3) is 0.727. The second-order valence-corrected chi connectivity index (χ2v) is 9.79. The Hall–Kier alpha value is -1.43. The highest BCUT2D eigenvalue weighted by Gasteiger charge is 2.25. The van der Waals surface area contributed by atoms with Gasteiger partial charge in [0.05, 0.1) is 21.6 Å². The third-order valence-electron chi connectivity index (χ3n) is 5.24. The van der Waals surface area contributed by atoms with Crippen LogP contribution in [0.1, 0.15) is 95.1 Å². The van der Waals surface area contributed by atoms with Crippen molar-refractivity contribution in [1.29, 1.82) is 0 Å². The monoisotopic (exact) mass is 410 g/mol. The Morgan fingerprint density at radius 2 is 1.36 bits per heavy atom. The number of hydrogen-bond acceptors (Lipinski definition) is 4. The molecular formula is C22H36NO4S. The van der Waals surface area contributed by atoms with Crippen molar-refractivity contribution in [2.45, 2.75) is 103 Å². The van der Waals surface area contributed by atoms with Crippen molar-refractivity contribution >= 4 is 15.5 Å². The van der Waals surface area contributed by atoms with Gasteiger partial charge in [0.1, 0.15) is 0 Å². The molecule has 0 saturated heterocycles. The van der Waals surface area contributed by atoms with Crippen LogP contribution in [0.25, 0.3) is 0 Å². The highest BCUT2D eigenvalue weighted by atomic mass is 32.2. The minimum atomic E-state index is -3.51. The Labute approximate surface area is 171 Å². The van der Waals surface area contributed by atoms with E-state index in [4.69, 9.17) is 0 Å². The fourth-order valence-electron chi connectivity index (χ4n) is 3.66. The second kappa shape index (κ2) is 12.9. The van der Waals surface area contributed by atoms with Crippen LogP contribution in [0.5, 0.6) is 0 Å². The predicted octanol–water partition coefficient (Wildman–Crippen LogP) is 6.49.